The van der Waals surface area contributed by atoms with Gasteiger partial charge in [0.2, 0.25) is 17.6 Å². The highest BCUT2D eigenvalue weighted by atomic mass is 32.1. The highest BCUT2D eigenvalue weighted by molar-refractivity contribution is 7.17. The van der Waals surface area contributed by atoms with Gasteiger partial charge in [-0.15, -0.1) is 0 Å². The van der Waals surface area contributed by atoms with E-state index in [1.54, 1.807) is 52.0 Å². The smallest absolute Gasteiger partial charge is 0.350 e. The topological polar surface area (TPSA) is 136 Å². The monoisotopic (exact) mass is 457 g/mol. The van der Waals surface area contributed by atoms with Gasteiger partial charge in [-0.25, -0.2) is 9.78 Å². The minimum Gasteiger partial charge on any atom is -0.462 e. The lowest BCUT2D eigenvalue weighted by molar-refractivity contribution is -0.116. The number of esters is 1. The molecule has 3 rings (SSSR count). The Balaban J connectivity index is 1.57. The number of anilines is 1. The van der Waals surface area contributed by atoms with Crippen LogP contribution in [0.3, 0.4) is 0 Å². The van der Waals surface area contributed by atoms with Crippen molar-refractivity contribution in [2.45, 2.75) is 40.2 Å². The van der Waals surface area contributed by atoms with E-state index in [4.69, 9.17) is 9.26 Å². The number of hydrogen-bond donors (Lipinski definition) is 2. The van der Waals surface area contributed by atoms with E-state index >= 15 is 0 Å². The third-order valence-corrected chi connectivity index (χ3v) is 5.34. The Bertz CT molecular complexity index is 1140. The van der Waals surface area contributed by atoms with Crippen molar-refractivity contribution < 1.29 is 23.6 Å². The van der Waals surface area contributed by atoms with Crippen molar-refractivity contribution in [3.8, 4) is 11.4 Å². The van der Waals surface area contributed by atoms with Crippen LogP contribution >= 0.6 is 11.3 Å². The van der Waals surface area contributed by atoms with Crippen molar-refractivity contribution in [3.05, 3.63) is 46.3 Å². The van der Waals surface area contributed by atoms with Gasteiger partial charge in [0.1, 0.15) is 4.88 Å². The lowest BCUT2D eigenvalue weighted by Crippen LogP contribution is -2.35. The van der Waals surface area contributed by atoms with Crippen LogP contribution in [0.2, 0.25) is 0 Å². The Morgan fingerprint density at radius 1 is 1.22 bits per heavy atom. The van der Waals surface area contributed by atoms with Crippen molar-refractivity contribution in [2.24, 2.45) is 0 Å². The summed E-state index contributed by atoms with van der Waals surface area (Å²) < 4.78 is 9.95. The van der Waals surface area contributed by atoms with Crippen molar-refractivity contribution in [1.82, 2.24) is 20.4 Å². The lowest BCUT2D eigenvalue weighted by Gasteiger charge is -2.13. The summed E-state index contributed by atoms with van der Waals surface area (Å²) in [5.41, 5.74) is 1.55. The van der Waals surface area contributed by atoms with Gasteiger partial charge in [0.25, 0.3) is 5.91 Å². The molecule has 2 heterocycles. The number of ether oxygens (including phenoxy) is 1. The quantitative estimate of drug-likeness (QED) is 0.492. The third-order valence-electron chi connectivity index (χ3n) is 4.28. The summed E-state index contributed by atoms with van der Waals surface area (Å²) in [6.07, 6.45) is 0.0306. The highest BCUT2D eigenvalue weighted by Gasteiger charge is 2.19. The van der Waals surface area contributed by atoms with Crippen molar-refractivity contribution in [2.75, 3.05) is 11.9 Å². The molecule has 1 aromatic carbocycles. The largest absolute Gasteiger partial charge is 0.462 e. The molecule has 0 saturated heterocycles. The average molecular weight is 458 g/mol. The summed E-state index contributed by atoms with van der Waals surface area (Å²) in [4.78, 5) is 45.5. The van der Waals surface area contributed by atoms with Gasteiger partial charge in [-0.2, -0.15) is 4.98 Å². The fraction of sp³-hybridized carbons (Fsp3) is 0.333. The molecule has 10 nitrogen and oxygen atoms in total. The molecule has 1 atom stereocenters. The molecule has 1 unspecified atom stereocenters. The molecule has 0 aliphatic heterocycles. The Labute approximate surface area is 188 Å². The molecule has 2 aromatic heterocycles. The maximum atomic E-state index is 12.6. The van der Waals surface area contributed by atoms with Crippen LogP contribution in [-0.4, -0.2) is 45.6 Å². The Hall–Kier alpha value is -3.60. The molecule has 0 fully saturated rings. The van der Waals surface area contributed by atoms with E-state index in [1.165, 1.54) is 0 Å². The number of benzene rings is 1. The molecule has 2 N–H and O–H groups in total. The third kappa shape index (κ3) is 5.76. The Morgan fingerprint density at radius 2 is 2.00 bits per heavy atom. The molecular weight excluding hydrogens is 434 g/mol. The summed E-state index contributed by atoms with van der Waals surface area (Å²) in [6, 6.07) is 6.37. The summed E-state index contributed by atoms with van der Waals surface area (Å²) >= 11 is 1.05. The zero-order valence-corrected chi connectivity index (χ0v) is 18.9. The van der Waals surface area contributed by atoms with Crippen LogP contribution in [0.1, 0.15) is 51.9 Å². The minimum atomic E-state index is -0.471. The van der Waals surface area contributed by atoms with E-state index in [0.717, 1.165) is 11.3 Å². The number of rotatable bonds is 8. The number of nitrogens with one attached hydrogen (secondary N) is 2. The summed E-state index contributed by atoms with van der Waals surface area (Å²) in [6.45, 7) is 7.05. The van der Waals surface area contributed by atoms with E-state index < -0.39 is 12.0 Å². The molecule has 0 bridgehead atoms. The minimum absolute atomic E-state index is 0.0306. The van der Waals surface area contributed by atoms with Gasteiger partial charge in [0, 0.05) is 30.5 Å². The highest BCUT2D eigenvalue weighted by Crippen LogP contribution is 2.23. The Kier molecular flexibility index (Phi) is 7.31. The molecule has 0 aliphatic rings. The van der Waals surface area contributed by atoms with Crippen LogP contribution in [0, 0.1) is 13.8 Å². The molecule has 0 saturated carbocycles. The number of amides is 2. The second-order valence-corrected chi connectivity index (χ2v) is 8.00. The lowest BCUT2D eigenvalue weighted by atomic mass is 10.1. The van der Waals surface area contributed by atoms with Gasteiger partial charge in [0.05, 0.1) is 12.3 Å². The number of carbonyl (C=O) groups excluding carboxylic acids is 3. The summed E-state index contributed by atoms with van der Waals surface area (Å²) in [5, 5.41) is 9.61. The molecule has 2 amide bonds. The standard InChI is InChI=1S/C21H23N5O5S/c1-5-30-20(29)17-12(3)23-21(32-17)25-16(27)9-11(2)22-19(28)15-8-6-7-14(10-15)18-24-13(4)31-26-18/h6-8,10-11H,5,9H2,1-4H3,(H,22,28)(H,23,25,27). The molecule has 0 aliphatic carbocycles. The van der Waals surface area contributed by atoms with E-state index in [9.17, 15) is 14.4 Å². The summed E-state index contributed by atoms with van der Waals surface area (Å²) in [5.74, 6) is -0.313. The fourth-order valence-electron chi connectivity index (χ4n) is 2.86. The van der Waals surface area contributed by atoms with Crippen molar-refractivity contribution >= 4 is 34.3 Å². The summed E-state index contributed by atoms with van der Waals surface area (Å²) in [7, 11) is 0. The van der Waals surface area contributed by atoms with Crippen LogP contribution in [0.25, 0.3) is 11.4 Å². The first-order valence-electron chi connectivity index (χ1n) is 9.92. The molecule has 32 heavy (non-hydrogen) atoms. The van der Waals surface area contributed by atoms with Gasteiger partial charge in [-0.1, -0.05) is 28.6 Å². The first-order valence-corrected chi connectivity index (χ1v) is 10.7. The van der Waals surface area contributed by atoms with Gasteiger partial charge in [0.15, 0.2) is 5.13 Å². The average Bonchev–Trinajstić information content (AvgIpc) is 3.33. The molecule has 3 aromatic rings. The van der Waals surface area contributed by atoms with Crippen molar-refractivity contribution in [1.29, 1.82) is 0 Å². The predicted octanol–water partition coefficient (Wildman–Crippen LogP) is 3.13. The van der Waals surface area contributed by atoms with Crippen LogP contribution in [0.5, 0.6) is 0 Å². The van der Waals surface area contributed by atoms with Gasteiger partial charge >= 0.3 is 5.97 Å². The Morgan fingerprint density at radius 3 is 2.69 bits per heavy atom. The molecular formula is C21H23N5O5S. The maximum Gasteiger partial charge on any atom is 0.350 e. The number of carbonyl (C=O) groups is 3. The van der Waals surface area contributed by atoms with Gasteiger partial charge < -0.3 is 19.9 Å². The second kappa shape index (κ2) is 10.1. The molecule has 0 spiro atoms. The number of hydrogen-bond acceptors (Lipinski definition) is 9. The predicted molar refractivity (Wildman–Crippen MR) is 117 cm³/mol. The van der Waals surface area contributed by atoms with E-state index in [-0.39, 0.29) is 24.8 Å². The van der Waals surface area contributed by atoms with Crippen LogP contribution in [0.15, 0.2) is 28.8 Å². The first kappa shape index (κ1) is 23.1. The molecule has 0 radical (unpaired) electrons. The molecule has 168 valence electrons. The van der Waals surface area contributed by atoms with E-state index in [0.29, 0.717) is 38.5 Å². The van der Waals surface area contributed by atoms with Crippen molar-refractivity contribution in [3.63, 3.8) is 0 Å². The zero-order valence-electron chi connectivity index (χ0n) is 18.1. The SMILES string of the molecule is CCOC(=O)c1sc(NC(=O)CC(C)NC(=O)c2cccc(-c3noc(C)n3)c2)nc1C. The normalized spacial score (nSPS) is 11.6. The first-order chi connectivity index (χ1) is 15.3. The number of thiazole rings is 1. The molecule has 11 heteroatoms. The number of nitrogens with zero attached hydrogens (tertiary/aromatic N) is 3. The van der Waals surface area contributed by atoms with E-state index in [2.05, 4.69) is 25.8 Å². The number of aromatic nitrogens is 3. The zero-order chi connectivity index (χ0) is 23.3. The van der Waals surface area contributed by atoms with E-state index in [1.807, 2.05) is 0 Å². The van der Waals surface area contributed by atoms with Crippen LogP contribution < -0.4 is 10.6 Å². The van der Waals surface area contributed by atoms with Gasteiger partial charge in [-0.3, -0.25) is 9.59 Å². The maximum absolute atomic E-state index is 12.6. The fourth-order valence-corrected chi connectivity index (χ4v) is 3.73. The van der Waals surface area contributed by atoms with Gasteiger partial charge in [-0.05, 0) is 32.9 Å². The number of aryl methyl sites for hydroxylation is 2. The second-order valence-electron chi connectivity index (χ2n) is 7.00. The van der Waals surface area contributed by atoms with Crippen LogP contribution in [0.4, 0.5) is 5.13 Å². The van der Waals surface area contributed by atoms with Crippen LogP contribution in [-0.2, 0) is 9.53 Å².